The Bertz CT molecular complexity index is 1210. The molecule has 0 radical (unpaired) electrons. The summed E-state index contributed by atoms with van der Waals surface area (Å²) in [6.07, 6.45) is 0. The van der Waals surface area contributed by atoms with Crippen molar-refractivity contribution in [2.45, 2.75) is 0 Å². The van der Waals surface area contributed by atoms with Gasteiger partial charge in [-0.25, -0.2) is 9.37 Å². The van der Waals surface area contributed by atoms with Gasteiger partial charge < -0.3 is 11.1 Å². The first-order valence-corrected chi connectivity index (χ1v) is 9.71. The number of amides is 1. The fourth-order valence-electron chi connectivity index (χ4n) is 2.72. The second-order valence-corrected chi connectivity index (χ2v) is 7.82. The number of hydrogen-bond donors (Lipinski definition) is 2. The van der Waals surface area contributed by atoms with Gasteiger partial charge >= 0.3 is 0 Å². The molecule has 4 rings (SSSR count). The molecule has 2 aromatic carbocycles. The van der Waals surface area contributed by atoms with E-state index in [2.05, 4.69) is 10.3 Å². The average molecular weight is 432 g/mol. The highest BCUT2D eigenvalue weighted by molar-refractivity contribution is 7.21. The SMILES string of the molecule is Nc1c(C(=O)Nc2cc(Cl)ccc2Cl)sc2nc(-c3ccc(F)cc3)ccc12. The number of nitrogens with two attached hydrogens (primary N) is 1. The van der Waals surface area contributed by atoms with Crippen LogP contribution in [0.4, 0.5) is 15.8 Å². The molecule has 0 saturated heterocycles. The molecule has 0 bridgehead atoms. The highest BCUT2D eigenvalue weighted by Gasteiger charge is 2.19. The number of thiophene rings is 1. The predicted molar refractivity (Wildman–Crippen MR) is 114 cm³/mol. The van der Waals surface area contributed by atoms with Crippen LogP contribution in [0.2, 0.25) is 10.0 Å². The summed E-state index contributed by atoms with van der Waals surface area (Å²) in [5.41, 5.74) is 8.35. The monoisotopic (exact) mass is 431 g/mol. The molecule has 0 spiro atoms. The van der Waals surface area contributed by atoms with Crippen LogP contribution >= 0.6 is 34.5 Å². The summed E-state index contributed by atoms with van der Waals surface area (Å²) in [6.45, 7) is 0. The number of aromatic nitrogens is 1. The van der Waals surface area contributed by atoms with Gasteiger partial charge in [0.1, 0.15) is 15.5 Å². The number of nitrogen functional groups attached to an aromatic ring is 1. The van der Waals surface area contributed by atoms with Crippen LogP contribution in [0.1, 0.15) is 9.67 Å². The molecule has 0 atom stereocenters. The minimum atomic E-state index is -0.395. The number of halogens is 3. The van der Waals surface area contributed by atoms with Gasteiger partial charge in [-0.1, -0.05) is 23.2 Å². The summed E-state index contributed by atoms with van der Waals surface area (Å²) < 4.78 is 13.1. The largest absolute Gasteiger partial charge is 0.397 e. The van der Waals surface area contributed by atoms with E-state index in [1.807, 2.05) is 0 Å². The molecule has 4 nitrogen and oxygen atoms in total. The van der Waals surface area contributed by atoms with E-state index in [1.54, 1.807) is 42.5 Å². The molecule has 0 fully saturated rings. The Morgan fingerprint density at radius 3 is 2.57 bits per heavy atom. The molecule has 28 heavy (non-hydrogen) atoms. The minimum absolute atomic E-state index is 0.316. The lowest BCUT2D eigenvalue weighted by Gasteiger charge is -2.07. The van der Waals surface area contributed by atoms with Crippen LogP contribution in [0.15, 0.2) is 54.6 Å². The number of nitrogens with zero attached hydrogens (tertiary/aromatic N) is 1. The molecule has 2 heterocycles. The fraction of sp³-hybridized carbons (Fsp3) is 0. The number of anilines is 2. The number of hydrogen-bond acceptors (Lipinski definition) is 4. The molecule has 0 unspecified atom stereocenters. The number of fused-ring (bicyclic) bond motifs is 1. The van der Waals surface area contributed by atoms with Crippen molar-refractivity contribution in [1.82, 2.24) is 4.98 Å². The van der Waals surface area contributed by atoms with Gasteiger partial charge in [0.05, 0.1) is 22.1 Å². The zero-order valence-corrected chi connectivity index (χ0v) is 16.5. The molecule has 2 aromatic heterocycles. The first kappa shape index (κ1) is 18.7. The van der Waals surface area contributed by atoms with Gasteiger partial charge in [0.2, 0.25) is 0 Å². The highest BCUT2D eigenvalue weighted by Crippen LogP contribution is 2.35. The van der Waals surface area contributed by atoms with E-state index < -0.39 is 5.91 Å². The van der Waals surface area contributed by atoms with Crippen molar-refractivity contribution in [2.75, 3.05) is 11.1 Å². The molecule has 0 aliphatic carbocycles. The number of carbonyl (C=O) groups excluding carboxylic acids is 1. The maximum Gasteiger partial charge on any atom is 0.267 e. The van der Waals surface area contributed by atoms with E-state index in [9.17, 15) is 9.18 Å². The normalized spacial score (nSPS) is 11.0. The Hall–Kier alpha value is -2.67. The van der Waals surface area contributed by atoms with Crippen molar-refractivity contribution in [3.63, 3.8) is 0 Å². The van der Waals surface area contributed by atoms with Gasteiger partial charge in [-0.3, -0.25) is 4.79 Å². The first-order valence-electron chi connectivity index (χ1n) is 8.14. The number of carbonyl (C=O) groups is 1. The maximum absolute atomic E-state index is 13.1. The Labute approximate surface area is 173 Å². The summed E-state index contributed by atoms with van der Waals surface area (Å²) in [6, 6.07) is 14.4. The molecule has 0 aliphatic heterocycles. The fourth-order valence-corrected chi connectivity index (χ4v) is 4.05. The standard InChI is InChI=1S/C20H12Cl2FN3OS/c21-11-3-7-14(22)16(9-11)25-19(27)18-17(24)13-6-8-15(26-20(13)28-18)10-1-4-12(23)5-2-10/h1-9H,24H2,(H,25,27). The first-order chi connectivity index (χ1) is 13.4. The van der Waals surface area contributed by atoms with Gasteiger partial charge in [-0.2, -0.15) is 0 Å². The van der Waals surface area contributed by atoms with Crippen LogP contribution in [-0.4, -0.2) is 10.9 Å². The Morgan fingerprint density at radius 2 is 1.82 bits per heavy atom. The Morgan fingerprint density at radius 1 is 1.07 bits per heavy atom. The van der Waals surface area contributed by atoms with Crippen LogP contribution in [0.3, 0.4) is 0 Å². The minimum Gasteiger partial charge on any atom is -0.397 e. The second kappa shape index (κ2) is 7.39. The molecular formula is C20H12Cl2FN3OS. The van der Waals surface area contributed by atoms with E-state index in [1.165, 1.54) is 23.5 Å². The summed E-state index contributed by atoms with van der Waals surface area (Å²) in [4.78, 5) is 18.2. The van der Waals surface area contributed by atoms with E-state index in [4.69, 9.17) is 28.9 Å². The van der Waals surface area contributed by atoms with E-state index in [0.717, 1.165) is 5.56 Å². The lowest BCUT2D eigenvalue weighted by Crippen LogP contribution is -2.12. The van der Waals surface area contributed by atoms with Crippen molar-refractivity contribution in [1.29, 1.82) is 0 Å². The van der Waals surface area contributed by atoms with Gasteiger partial charge in [-0.05, 0) is 54.6 Å². The average Bonchev–Trinajstić information content (AvgIpc) is 3.01. The lowest BCUT2D eigenvalue weighted by atomic mass is 10.1. The van der Waals surface area contributed by atoms with Crippen LogP contribution in [0.25, 0.3) is 21.5 Å². The summed E-state index contributed by atoms with van der Waals surface area (Å²) in [5.74, 6) is -0.711. The van der Waals surface area contributed by atoms with Crippen molar-refractivity contribution in [3.05, 3.63) is 75.3 Å². The number of nitrogens with one attached hydrogen (secondary N) is 1. The third-order valence-electron chi connectivity index (χ3n) is 4.12. The van der Waals surface area contributed by atoms with E-state index in [-0.39, 0.29) is 5.82 Å². The van der Waals surface area contributed by atoms with Crippen LogP contribution in [0.5, 0.6) is 0 Å². The molecule has 3 N–H and O–H groups in total. The van der Waals surface area contributed by atoms with Crippen molar-refractivity contribution >= 4 is 62.0 Å². The molecule has 0 aliphatic rings. The number of pyridine rings is 1. The van der Waals surface area contributed by atoms with Gasteiger partial charge in [0, 0.05) is 16.0 Å². The highest BCUT2D eigenvalue weighted by atomic mass is 35.5. The molecule has 8 heteroatoms. The van der Waals surface area contributed by atoms with Crippen molar-refractivity contribution < 1.29 is 9.18 Å². The molecular weight excluding hydrogens is 420 g/mol. The molecule has 4 aromatic rings. The Kier molecular flexibility index (Phi) is 4.93. The zero-order chi connectivity index (χ0) is 19.8. The Balaban J connectivity index is 1.69. The second-order valence-electron chi connectivity index (χ2n) is 5.98. The summed E-state index contributed by atoms with van der Waals surface area (Å²) in [7, 11) is 0. The van der Waals surface area contributed by atoms with Crippen molar-refractivity contribution in [3.8, 4) is 11.3 Å². The molecule has 1 amide bonds. The van der Waals surface area contributed by atoms with Gasteiger partial charge in [-0.15, -0.1) is 11.3 Å². The predicted octanol–water partition coefficient (Wildman–Crippen LogP) is 6.24. The third kappa shape index (κ3) is 3.54. The molecule has 140 valence electrons. The van der Waals surface area contributed by atoms with Crippen molar-refractivity contribution in [2.24, 2.45) is 0 Å². The maximum atomic E-state index is 13.1. The number of rotatable bonds is 3. The van der Waals surface area contributed by atoms with Gasteiger partial charge in [0.15, 0.2) is 0 Å². The quantitative estimate of drug-likeness (QED) is 0.403. The van der Waals surface area contributed by atoms with E-state index >= 15 is 0 Å². The lowest BCUT2D eigenvalue weighted by molar-refractivity contribution is 0.103. The molecule has 0 saturated carbocycles. The summed E-state index contributed by atoms with van der Waals surface area (Å²) >= 11 is 13.2. The summed E-state index contributed by atoms with van der Waals surface area (Å²) in [5, 5.41) is 4.23. The van der Waals surface area contributed by atoms with Crippen LogP contribution < -0.4 is 11.1 Å². The van der Waals surface area contributed by atoms with Crippen LogP contribution in [0, 0.1) is 5.82 Å². The number of benzene rings is 2. The third-order valence-corrected chi connectivity index (χ3v) is 5.80. The van der Waals surface area contributed by atoms with E-state index in [0.29, 0.717) is 42.2 Å². The smallest absolute Gasteiger partial charge is 0.267 e. The van der Waals surface area contributed by atoms with Crippen LogP contribution in [-0.2, 0) is 0 Å². The van der Waals surface area contributed by atoms with Gasteiger partial charge in [0.25, 0.3) is 5.91 Å². The topological polar surface area (TPSA) is 68.0 Å². The zero-order valence-electron chi connectivity index (χ0n) is 14.2.